The van der Waals surface area contributed by atoms with Crippen LogP contribution in [0.1, 0.15) is 28.8 Å². The summed E-state index contributed by atoms with van der Waals surface area (Å²) in [6.07, 6.45) is 5.22. The smallest absolute Gasteiger partial charge is 0.255 e. The molecule has 0 radical (unpaired) electrons. The number of amides is 1. The average Bonchev–Trinajstić information content (AvgIpc) is 3.31. The van der Waals surface area contributed by atoms with Crippen molar-refractivity contribution in [2.24, 2.45) is 0 Å². The fourth-order valence-corrected chi connectivity index (χ4v) is 3.25. The second kappa shape index (κ2) is 7.21. The van der Waals surface area contributed by atoms with E-state index >= 15 is 0 Å². The molecule has 0 saturated carbocycles. The van der Waals surface area contributed by atoms with Crippen molar-refractivity contribution in [1.29, 1.82) is 0 Å². The molecule has 1 aromatic carbocycles. The minimum absolute atomic E-state index is 0.0196. The Morgan fingerprint density at radius 3 is 3.08 bits per heavy atom. The minimum atomic E-state index is -0.307. The molecule has 1 atom stereocenters. The van der Waals surface area contributed by atoms with E-state index in [1.165, 1.54) is 12.1 Å². The van der Waals surface area contributed by atoms with Crippen molar-refractivity contribution in [3.05, 3.63) is 65.9 Å². The molecule has 0 bridgehead atoms. The average molecular weight is 354 g/mol. The number of benzene rings is 1. The molecule has 26 heavy (non-hydrogen) atoms. The summed E-state index contributed by atoms with van der Waals surface area (Å²) >= 11 is 0. The number of carbonyl (C=O) groups is 1. The monoisotopic (exact) mass is 354 g/mol. The predicted octanol–water partition coefficient (Wildman–Crippen LogP) is 2.69. The Kier molecular flexibility index (Phi) is 4.62. The number of nitrogens with zero attached hydrogens (tertiary/aromatic N) is 4. The first-order valence-corrected chi connectivity index (χ1v) is 8.64. The summed E-state index contributed by atoms with van der Waals surface area (Å²) in [5.41, 5.74) is 1.96. The lowest BCUT2D eigenvalue weighted by atomic mass is 10.1. The largest absolute Gasteiger partial charge is 0.376 e. The van der Waals surface area contributed by atoms with Gasteiger partial charge in [0.2, 0.25) is 0 Å². The maximum Gasteiger partial charge on any atom is 0.255 e. The Morgan fingerprint density at radius 1 is 1.35 bits per heavy atom. The molecule has 0 N–H and O–H groups in total. The van der Waals surface area contributed by atoms with Gasteiger partial charge < -0.3 is 9.64 Å². The van der Waals surface area contributed by atoms with Gasteiger partial charge in [-0.3, -0.25) is 9.20 Å². The predicted molar refractivity (Wildman–Crippen MR) is 93.1 cm³/mol. The van der Waals surface area contributed by atoms with Crippen LogP contribution in [0, 0.1) is 5.82 Å². The van der Waals surface area contributed by atoms with Crippen LogP contribution in [0.5, 0.6) is 0 Å². The molecule has 0 spiro atoms. The van der Waals surface area contributed by atoms with Gasteiger partial charge in [-0.05, 0) is 42.7 Å². The number of aromatic nitrogens is 3. The van der Waals surface area contributed by atoms with Gasteiger partial charge in [-0.2, -0.15) is 0 Å². The molecule has 1 aliphatic rings. The molecule has 1 amide bonds. The fourth-order valence-electron chi connectivity index (χ4n) is 3.25. The van der Waals surface area contributed by atoms with Gasteiger partial charge in [0, 0.05) is 25.9 Å². The molecule has 2 aromatic heterocycles. The highest BCUT2D eigenvalue weighted by Crippen LogP contribution is 2.18. The molecule has 3 aromatic rings. The summed E-state index contributed by atoms with van der Waals surface area (Å²) in [4.78, 5) is 14.8. The highest BCUT2D eigenvalue weighted by molar-refractivity contribution is 5.94. The van der Waals surface area contributed by atoms with Crippen LogP contribution in [0.2, 0.25) is 0 Å². The minimum Gasteiger partial charge on any atom is -0.376 e. The van der Waals surface area contributed by atoms with Crippen molar-refractivity contribution in [3.63, 3.8) is 0 Å². The van der Waals surface area contributed by atoms with Crippen molar-refractivity contribution >= 4 is 11.6 Å². The number of ether oxygens (including phenoxy) is 1. The Bertz CT molecular complexity index is 921. The van der Waals surface area contributed by atoms with Crippen LogP contribution in [0.25, 0.3) is 5.65 Å². The van der Waals surface area contributed by atoms with Crippen LogP contribution < -0.4 is 0 Å². The third-order valence-corrected chi connectivity index (χ3v) is 4.54. The quantitative estimate of drug-likeness (QED) is 0.707. The van der Waals surface area contributed by atoms with Crippen LogP contribution in [0.15, 0.2) is 48.9 Å². The highest BCUT2D eigenvalue weighted by Gasteiger charge is 2.24. The van der Waals surface area contributed by atoms with Gasteiger partial charge in [0.05, 0.1) is 11.7 Å². The normalized spacial score (nSPS) is 16.9. The van der Waals surface area contributed by atoms with Gasteiger partial charge in [-0.15, -0.1) is 10.2 Å². The van der Waals surface area contributed by atoms with E-state index in [4.69, 9.17) is 4.74 Å². The zero-order valence-electron chi connectivity index (χ0n) is 14.2. The van der Waals surface area contributed by atoms with E-state index in [1.54, 1.807) is 40.0 Å². The maximum atomic E-state index is 13.5. The summed E-state index contributed by atoms with van der Waals surface area (Å²) in [6.45, 7) is 1.53. The van der Waals surface area contributed by atoms with Crippen LogP contribution in [-0.2, 0) is 11.3 Å². The number of rotatable bonds is 5. The molecule has 3 heterocycles. The van der Waals surface area contributed by atoms with E-state index in [0.717, 1.165) is 25.0 Å². The van der Waals surface area contributed by atoms with E-state index in [1.807, 2.05) is 6.07 Å². The van der Waals surface area contributed by atoms with Gasteiger partial charge in [-0.25, -0.2) is 4.39 Å². The third kappa shape index (κ3) is 3.57. The first-order chi connectivity index (χ1) is 12.7. The topological polar surface area (TPSA) is 59.7 Å². The van der Waals surface area contributed by atoms with Gasteiger partial charge in [-0.1, -0.05) is 12.1 Å². The van der Waals surface area contributed by atoms with Gasteiger partial charge in [0.1, 0.15) is 12.1 Å². The molecule has 1 saturated heterocycles. The zero-order valence-corrected chi connectivity index (χ0v) is 14.2. The highest BCUT2D eigenvalue weighted by atomic mass is 19.1. The zero-order chi connectivity index (χ0) is 17.9. The van der Waals surface area contributed by atoms with E-state index in [9.17, 15) is 9.18 Å². The molecular weight excluding hydrogens is 335 g/mol. The van der Waals surface area contributed by atoms with Gasteiger partial charge in [0.15, 0.2) is 5.65 Å². The second-order valence-corrected chi connectivity index (χ2v) is 6.46. The van der Waals surface area contributed by atoms with Crippen LogP contribution in [0.3, 0.4) is 0 Å². The van der Waals surface area contributed by atoms with Crippen molar-refractivity contribution < 1.29 is 13.9 Å². The number of hydrogen-bond donors (Lipinski definition) is 0. The number of fused-ring (bicyclic) bond motifs is 1. The first kappa shape index (κ1) is 16.7. The molecule has 134 valence electrons. The Morgan fingerprint density at radius 2 is 2.27 bits per heavy atom. The molecule has 0 aliphatic carbocycles. The van der Waals surface area contributed by atoms with E-state index in [0.29, 0.717) is 24.3 Å². The standard InChI is InChI=1S/C19H19FN4O2/c20-16-4-1-3-14(9-16)10-23(12-17-5-2-8-26-17)19(25)15-6-7-18-22-21-13-24(18)11-15/h1,3-4,6-7,9,11,13,17H,2,5,8,10,12H2. The SMILES string of the molecule is O=C(c1ccc2nncn2c1)N(Cc1cccc(F)c1)CC1CCCO1. The van der Waals surface area contributed by atoms with Crippen LogP contribution >= 0.6 is 0 Å². The summed E-state index contributed by atoms with van der Waals surface area (Å²) in [5, 5.41) is 7.78. The van der Waals surface area contributed by atoms with E-state index in [2.05, 4.69) is 10.2 Å². The van der Waals surface area contributed by atoms with Gasteiger partial charge >= 0.3 is 0 Å². The Balaban J connectivity index is 1.60. The lowest BCUT2D eigenvalue weighted by molar-refractivity contribution is 0.0506. The lowest BCUT2D eigenvalue weighted by Gasteiger charge is -2.26. The Labute approximate surface area is 150 Å². The number of halogens is 1. The molecule has 7 heteroatoms. The van der Waals surface area contributed by atoms with Crippen molar-refractivity contribution in [2.45, 2.75) is 25.5 Å². The number of carbonyl (C=O) groups excluding carboxylic acids is 1. The molecule has 1 fully saturated rings. The van der Waals surface area contributed by atoms with Crippen LogP contribution in [0.4, 0.5) is 4.39 Å². The molecule has 6 nitrogen and oxygen atoms in total. The summed E-state index contributed by atoms with van der Waals surface area (Å²) in [7, 11) is 0. The fraction of sp³-hybridized carbons (Fsp3) is 0.316. The van der Waals surface area contributed by atoms with Crippen molar-refractivity contribution in [3.8, 4) is 0 Å². The summed E-state index contributed by atoms with van der Waals surface area (Å²) < 4.78 is 20.9. The molecule has 1 aliphatic heterocycles. The Hall–Kier alpha value is -2.80. The maximum absolute atomic E-state index is 13.5. The van der Waals surface area contributed by atoms with E-state index < -0.39 is 0 Å². The summed E-state index contributed by atoms with van der Waals surface area (Å²) in [6, 6.07) is 9.83. The third-order valence-electron chi connectivity index (χ3n) is 4.54. The second-order valence-electron chi connectivity index (χ2n) is 6.46. The first-order valence-electron chi connectivity index (χ1n) is 8.64. The van der Waals surface area contributed by atoms with E-state index in [-0.39, 0.29) is 17.8 Å². The van der Waals surface area contributed by atoms with Crippen molar-refractivity contribution in [1.82, 2.24) is 19.5 Å². The number of pyridine rings is 1. The molecule has 4 rings (SSSR count). The molecule has 1 unspecified atom stereocenters. The molecular formula is C19H19FN4O2. The number of hydrogen-bond acceptors (Lipinski definition) is 4. The van der Waals surface area contributed by atoms with Gasteiger partial charge in [0.25, 0.3) is 5.91 Å². The summed E-state index contributed by atoms with van der Waals surface area (Å²) in [5.74, 6) is -0.432. The van der Waals surface area contributed by atoms with Crippen LogP contribution in [-0.4, -0.2) is 44.7 Å². The lowest BCUT2D eigenvalue weighted by Crippen LogP contribution is -2.37. The van der Waals surface area contributed by atoms with Crippen molar-refractivity contribution in [2.75, 3.05) is 13.2 Å².